The summed E-state index contributed by atoms with van der Waals surface area (Å²) < 4.78 is 17.7. The van der Waals surface area contributed by atoms with Crippen molar-refractivity contribution < 1.29 is 18.8 Å². The third-order valence-electron chi connectivity index (χ3n) is 5.66. The van der Waals surface area contributed by atoms with Gasteiger partial charge in [-0.05, 0) is 59.4 Å². The summed E-state index contributed by atoms with van der Waals surface area (Å²) in [5.41, 5.74) is 13.5. The van der Waals surface area contributed by atoms with Crippen molar-refractivity contribution in [2.75, 3.05) is 10.6 Å². The number of aromatic nitrogens is 1. The summed E-state index contributed by atoms with van der Waals surface area (Å²) in [5, 5.41) is 2.88. The van der Waals surface area contributed by atoms with Crippen molar-refractivity contribution in [2.45, 2.75) is 19.5 Å². The zero-order chi connectivity index (χ0) is 26.5. The van der Waals surface area contributed by atoms with Crippen LogP contribution in [0.4, 0.5) is 15.8 Å². The first kappa shape index (κ1) is 25.5. The fourth-order valence-corrected chi connectivity index (χ4v) is 4.59. The fraction of sp³-hybridized carbons (Fsp3) is 0.111. The number of carbonyl (C=O) groups is 3. The van der Waals surface area contributed by atoms with E-state index in [0.29, 0.717) is 11.3 Å². The molecule has 0 radical (unpaired) electrons. The number of nitrogen functional groups attached to an aromatic ring is 1. The lowest BCUT2D eigenvalue weighted by Crippen LogP contribution is -2.44. The van der Waals surface area contributed by atoms with Crippen molar-refractivity contribution in [3.05, 3.63) is 112 Å². The molecule has 0 aliphatic heterocycles. The van der Waals surface area contributed by atoms with Crippen LogP contribution in [-0.4, -0.2) is 22.1 Å². The molecule has 10 heteroatoms. The minimum atomic E-state index is -1.20. The Hall–Kier alpha value is -4.57. The first-order chi connectivity index (χ1) is 17.8. The van der Waals surface area contributed by atoms with Crippen LogP contribution in [0.15, 0.2) is 78.9 Å². The Morgan fingerprint density at radius 1 is 1.03 bits per heavy atom. The Labute approximate surface area is 216 Å². The molecule has 188 valence electrons. The van der Waals surface area contributed by atoms with E-state index in [-0.39, 0.29) is 22.8 Å². The molecule has 3 aromatic carbocycles. The second-order valence-electron chi connectivity index (χ2n) is 8.31. The first-order valence-corrected chi connectivity index (χ1v) is 12.1. The monoisotopic (exact) mass is 517 g/mol. The molecule has 1 unspecified atom stereocenters. The van der Waals surface area contributed by atoms with Crippen LogP contribution in [0.25, 0.3) is 0 Å². The van der Waals surface area contributed by atoms with E-state index in [9.17, 15) is 18.8 Å². The number of primary amides is 1. The molecule has 3 amide bonds. The van der Waals surface area contributed by atoms with E-state index in [1.165, 1.54) is 29.2 Å². The number of nitrogens with zero attached hydrogens (tertiary/aromatic N) is 2. The van der Waals surface area contributed by atoms with Gasteiger partial charge in [0.1, 0.15) is 16.7 Å². The van der Waals surface area contributed by atoms with Crippen molar-refractivity contribution in [3.63, 3.8) is 0 Å². The van der Waals surface area contributed by atoms with Crippen LogP contribution >= 0.6 is 11.5 Å². The zero-order valence-corrected chi connectivity index (χ0v) is 20.7. The summed E-state index contributed by atoms with van der Waals surface area (Å²) in [5.74, 6) is -2.51. The van der Waals surface area contributed by atoms with Gasteiger partial charge in [0.05, 0.1) is 5.69 Å². The Balaban J connectivity index is 1.83. The van der Waals surface area contributed by atoms with E-state index in [0.717, 1.165) is 22.7 Å². The van der Waals surface area contributed by atoms with Gasteiger partial charge in [-0.25, -0.2) is 4.39 Å². The average Bonchev–Trinajstić information content (AvgIpc) is 3.28. The van der Waals surface area contributed by atoms with Crippen LogP contribution in [0.5, 0.6) is 0 Å². The molecule has 37 heavy (non-hydrogen) atoms. The quantitative estimate of drug-likeness (QED) is 0.325. The number of nitrogens with two attached hydrogens (primary N) is 2. The van der Waals surface area contributed by atoms with Gasteiger partial charge < -0.3 is 16.8 Å². The van der Waals surface area contributed by atoms with E-state index in [1.807, 2.05) is 43.3 Å². The van der Waals surface area contributed by atoms with E-state index in [1.54, 1.807) is 18.2 Å². The minimum absolute atomic E-state index is 0.0433. The molecule has 8 nitrogen and oxygen atoms in total. The number of rotatable bonds is 8. The number of hydrogen-bond acceptors (Lipinski definition) is 6. The number of aryl methyl sites for hydroxylation is 1. The molecule has 5 N–H and O–H groups in total. The standard InChI is InChI=1S/C27H24FN5O3S/c1-16-6-5-9-20(14-16)33(27(36)24-21(29)22(25(30)34)32-37-24)23(18-10-12-19(28)13-11-18)26(35)31-15-17-7-3-2-4-8-17/h2-14,23H,15,29H2,1H3,(H2,30,34)(H,31,35). The highest BCUT2D eigenvalue weighted by molar-refractivity contribution is 7.09. The molecule has 0 saturated heterocycles. The van der Waals surface area contributed by atoms with Crippen molar-refractivity contribution in [1.82, 2.24) is 9.69 Å². The molecule has 4 aromatic rings. The zero-order valence-electron chi connectivity index (χ0n) is 19.9. The third-order valence-corrected chi connectivity index (χ3v) is 6.51. The van der Waals surface area contributed by atoms with Gasteiger partial charge in [0, 0.05) is 12.2 Å². The smallest absolute Gasteiger partial charge is 0.273 e. The van der Waals surface area contributed by atoms with Crippen LogP contribution < -0.4 is 21.7 Å². The highest BCUT2D eigenvalue weighted by atomic mass is 32.1. The molecular weight excluding hydrogens is 493 g/mol. The summed E-state index contributed by atoms with van der Waals surface area (Å²) >= 11 is 0.718. The molecule has 4 rings (SSSR count). The van der Waals surface area contributed by atoms with E-state index in [4.69, 9.17) is 11.5 Å². The normalized spacial score (nSPS) is 11.5. The number of halogens is 1. The lowest BCUT2D eigenvalue weighted by atomic mass is 10.0. The Morgan fingerprint density at radius 2 is 1.73 bits per heavy atom. The highest BCUT2D eigenvalue weighted by Gasteiger charge is 2.36. The number of amides is 3. The van der Waals surface area contributed by atoms with Crippen molar-refractivity contribution in [2.24, 2.45) is 5.73 Å². The van der Waals surface area contributed by atoms with Gasteiger partial charge in [-0.1, -0.05) is 54.6 Å². The topological polar surface area (TPSA) is 131 Å². The molecule has 0 saturated carbocycles. The Bertz CT molecular complexity index is 1440. The van der Waals surface area contributed by atoms with Gasteiger partial charge in [0.2, 0.25) is 5.91 Å². The van der Waals surface area contributed by atoms with E-state index < -0.39 is 29.6 Å². The maximum Gasteiger partial charge on any atom is 0.273 e. The van der Waals surface area contributed by atoms with E-state index in [2.05, 4.69) is 9.69 Å². The van der Waals surface area contributed by atoms with Crippen LogP contribution in [0.2, 0.25) is 0 Å². The Morgan fingerprint density at radius 3 is 2.35 bits per heavy atom. The largest absolute Gasteiger partial charge is 0.395 e. The average molecular weight is 518 g/mol. The molecule has 0 bridgehead atoms. The molecule has 1 aromatic heterocycles. The number of benzene rings is 3. The summed E-state index contributed by atoms with van der Waals surface area (Å²) in [7, 11) is 0. The summed E-state index contributed by atoms with van der Waals surface area (Å²) in [4.78, 5) is 40.7. The van der Waals surface area contributed by atoms with Crippen molar-refractivity contribution in [3.8, 4) is 0 Å². The first-order valence-electron chi connectivity index (χ1n) is 11.3. The molecule has 0 aliphatic carbocycles. The lowest BCUT2D eigenvalue weighted by molar-refractivity contribution is -0.122. The molecule has 0 aliphatic rings. The van der Waals surface area contributed by atoms with Gasteiger partial charge in [-0.15, -0.1) is 0 Å². The SMILES string of the molecule is Cc1cccc(N(C(=O)c2snc(C(N)=O)c2N)C(C(=O)NCc2ccccc2)c2ccc(F)cc2)c1. The predicted molar refractivity (Wildman–Crippen MR) is 140 cm³/mol. The maximum absolute atomic E-state index is 14.0. The van der Waals surface area contributed by atoms with Crippen LogP contribution in [0, 0.1) is 12.7 Å². The van der Waals surface area contributed by atoms with Crippen LogP contribution in [0.1, 0.15) is 42.9 Å². The predicted octanol–water partition coefficient (Wildman–Crippen LogP) is 3.98. The number of hydrogen-bond donors (Lipinski definition) is 3. The Kier molecular flexibility index (Phi) is 7.59. The summed E-state index contributed by atoms with van der Waals surface area (Å²) in [6.45, 7) is 2.06. The van der Waals surface area contributed by atoms with Gasteiger partial charge in [0.15, 0.2) is 5.69 Å². The number of nitrogens with one attached hydrogen (secondary N) is 1. The summed E-state index contributed by atoms with van der Waals surface area (Å²) in [6, 6.07) is 20.4. The highest BCUT2D eigenvalue weighted by Crippen LogP contribution is 2.33. The minimum Gasteiger partial charge on any atom is -0.395 e. The van der Waals surface area contributed by atoms with Crippen LogP contribution in [-0.2, 0) is 11.3 Å². The lowest BCUT2D eigenvalue weighted by Gasteiger charge is -2.31. The molecule has 1 atom stereocenters. The van der Waals surface area contributed by atoms with Crippen molar-refractivity contribution in [1.29, 1.82) is 0 Å². The second kappa shape index (κ2) is 11.0. The molecule has 0 fully saturated rings. The third kappa shape index (κ3) is 5.65. The summed E-state index contributed by atoms with van der Waals surface area (Å²) in [6.07, 6.45) is 0. The van der Waals surface area contributed by atoms with E-state index >= 15 is 0 Å². The number of carbonyl (C=O) groups excluding carboxylic acids is 3. The molecule has 1 heterocycles. The molecular formula is C27H24FN5O3S. The van der Waals surface area contributed by atoms with Crippen molar-refractivity contribution >= 4 is 40.6 Å². The fourth-order valence-electron chi connectivity index (χ4n) is 3.84. The van der Waals surface area contributed by atoms with Gasteiger partial charge >= 0.3 is 0 Å². The molecule has 0 spiro atoms. The second-order valence-corrected chi connectivity index (χ2v) is 9.08. The van der Waals surface area contributed by atoms with Gasteiger partial charge in [-0.3, -0.25) is 19.3 Å². The van der Waals surface area contributed by atoms with Crippen LogP contribution in [0.3, 0.4) is 0 Å². The number of anilines is 2. The van der Waals surface area contributed by atoms with Gasteiger partial charge in [-0.2, -0.15) is 4.37 Å². The van der Waals surface area contributed by atoms with Gasteiger partial charge in [0.25, 0.3) is 11.8 Å². The maximum atomic E-state index is 14.0.